The lowest BCUT2D eigenvalue weighted by atomic mass is 10.1. The minimum Gasteiger partial charge on any atom is -0.384 e. The van der Waals surface area contributed by atoms with Crippen LogP contribution < -0.4 is 10.6 Å². The van der Waals surface area contributed by atoms with Crippen LogP contribution in [0.25, 0.3) is 0 Å². The maximum atomic E-state index is 7.44. The van der Waals surface area contributed by atoms with E-state index in [1.807, 2.05) is 43.6 Å². The molecule has 2 rings (SSSR count). The van der Waals surface area contributed by atoms with Crippen molar-refractivity contribution in [2.45, 2.75) is 13.5 Å². The Morgan fingerprint density at radius 1 is 1.50 bits per heavy atom. The molecule has 0 amide bonds. The largest absolute Gasteiger partial charge is 0.384 e. The molecule has 5 heteroatoms. The summed E-state index contributed by atoms with van der Waals surface area (Å²) in [6, 6.07) is 7.75. The molecule has 0 saturated carbocycles. The molecule has 0 saturated heterocycles. The van der Waals surface area contributed by atoms with Crippen LogP contribution in [-0.2, 0) is 6.54 Å². The Bertz CT molecular complexity index is 562. The van der Waals surface area contributed by atoms with Gasteiger partial charge in [-0.25, -0.2) is 4.98 Å². The number of hydrogen-bond acceptors (Lipinski definition) is 4. The van der Waals surface area contributed by atoms with E-state index in [1.54, 1.807) is 11.3 Å². The summed E-state index contributed by atoms with van der Waals surface area (Å²) in [4.78, 5) is 6.54. The van der Waals surface area contributed by atoms with Crippen LogP contribution in [0, 0.1) is 12.3 Å². The molecule has 0 fully saturated rings. The predicted molar refractivity (Wildman–Crippen MR) is 76.4 cm³/mol. The molecule has 3 N–H and O–H groups in total. The van der Waals surface area contributed by atoms with Crippen molar-refractivity contribution in [1.82, 2.24) is 4.98 Å². The second kappa shape index (κ2) is 5.18. The number of nitrogens with zero attached hydrogens (tertiary/aromatic N) is 2. The highest BCUT2D eigenvalue weighted by Crippen LogP contribution is 2.20. The van der Waals surface area contributed by atoms with Crippen molar-refractivity contribution < 1.29 is 0 Å². The van der Waals surface area contributed by atoms with E-state index in [9.17, 15) is 0 Å². The minimum atomic E-state index is 0.101. The molecular formula is C13H16N4S. The van der Waals surface area contributed by atoms with Gasteiger partial charge in [0.1, 0.15) is 5.84 Å². The highest BCUT2D eigenvalue weighted by Gasteiger charge is 2.06. The van der Waals surface area contributed by atoms with Gasteiger partial charge in [0.15, 0.2) is 5.13 Å². The molecule has 0 radical (unpaired) electrons. The number of hydrogen-bond donors (Lipinski definition) is 2. The third kappa shape index (κ3) is 2.87. The Hall–Kier alpha value is -1.88. The lowest BCUT2D eigenvalue weighted by molar-refractivity contribution is 0.910. The average molecular weight is 260 g/mol. The van der Waals surface area contributed by atoms with Crippen molar-refractivity contribution in [1.29, 1.82) is 5.41 Å². The molecule has 1 aromatic heterocycles. The number of aryl methyl sites for hydroxylation is 1. The van der Waals surface area contributed by atoms with Crippen LogP contribution in [0.3, 0.4) is 0 Å². The first-order valence-corrected chi connectivity index (χ1v) is 6.51. The standard InChI is InChI=1S/C13H16N4S/c1-9-8-18-13(16-9)17(2)7-10-4-3-5-11(6-10)12(14)15/h3-6,8H,7H2,1-2H3,(H3,14,15). The van der Waals surface area contributed by atoms with Gasteiger partial charge in [0.25, 0.3) is 0 Å². The Kier molecular flexibility index (Phi) is 3.62. The maximum absolute atomic E-state index is 7.44. The number of nitrogen functional groups attached to an aromatic ring is 1. The molecule has 0 unspecified atom stereocenters. The Morgan fingerprint density at radius 3 is 2.89 bits per heavy atom. The van der Waals surface area contributed by atoms with Crippen molar-refractivity contribution in [2.24, 2.45) is 5.73 Å². The number of nitrogens with two attached hydrogens (primary N) is 1. The zero-order valence-electron chi connectivity index (χ0n) is 10.5. The van der Waals surface area contributed by atoms with Crippen LogP contribution in [-0.4, -0.2) is 17.9 Å². The molecule has 18 heavy (non-hydrogen) atoms. The fourth-order valence-corrected chi connectivity index (χ4v) is 2.47. The third-order valence-electron chi connectivity index (χ3n) is 2.59. The molecule has 4 nitrogen and oxygen atoms in total. The molecule has 0 atom stereocenters. The lowest BCUT2D eigenvalue weighted by Gasteiger charge is -2.16. The Balaban J connectivity index is 2.14. The van der Waals surface area contributed by atoms with E-state index in [0.717, 1.165) is 28.5 Å². The quantitative estimate of drug-likeness (QED) is 0.655. The van der Waals surface area contributed by atoms with Crippen LogP contribution >= 0.6 is 11.3 Å². The van der Waals surface area contributed by atoms with Gasteiger partial charge < -0.3 is 10.6 Å². The predicted octanol–water partition coefficient (Wildman–Crippen LogP) is 2.37. The summed E-state index contributed by atoms with van der Waals surface area (Å²) < 4.78 is 0. The summed E-state index contributed by atoms with van der Waals surface area (Å²) in [6.07, 6.45) is 0. The van der Waals surface area contributed by atoms with E-state index in [-0.39, 0.29) is 5.84 Å². The SMILES string of the molecule is Cc1csc(N(C)Cc2cccc(C(=N)N)c2)n1. The maximum Gasteiger partial charge on any atom is 0.185 e. The Labute approximate surface area is 111 Å². The number of aromatic nitrogens is 1. The number of nitrogens with one attached hydrogen (secondary N) is 1. The molecule has 0 aliphatic rings. The normalized spacial score (nSPS) is 10.3. The van der Waals surface area contributed by atoms with E-state index in [2.05, 4.69) is 9.88 Å². The van der Waals surface area contributed by atoms with Gasteiger partial charge >= 0.3 is 0 Å². The molecule has 0 aliphatic heterocycles. The smallest absolute Gasteiger partial charge is 0.185 e. The summed E-state index contributed by atoms with van der Waals surface area (Å²) in [6.45, 7) is 2.75. The second-order valence-corrected chi connectivity index (χ2v) is 5.08. The summed E-state index contributed by atoms with van der Waals surface area (Å²) in [5.41, 5.74) is 8.41. The molecular weight excluding hydrogens is 244 g/mol. The van der Waals surface area contributed by atoms with Crippen molar-refractivity contribution in [3.63, 3.8) is 0 Å². The molecule has 0 spiro atoms. The molecule has 0 bridgehead atoms. The molecule has 2 aromatic rings. The lowest BCUT2D eigenvalue weighted by Crippen LogP contribution is -2.17. The van der Waals surface area contributed by atoms with Crippen LogP contribution in [0.2, 0.25) is 0 Å². The number of thiazole rings is 1. The molecule has 0 aliphatic carbocycles. The van der Waals surface area contributed by atoms with E-state index >= 15 is 0 Å². The van der Waals surface area contributed by atoms with Gasteiger partial charge in [0.2, 0.25) is 0 Å². The van der Waals surface area contributed by atoms with E-state index in [1.165, 1.54) is 0 Å². The third-order valence-corrected chi connectivity index (χ3v) is 3.66. The fraction of sp³-hybridized carbons (Fsp3) is 0.231. The summed E-state index contributed by atoms with van der Waals surface area (Å²) in [5.74, 6) is 0.101. The van der Waals surface area contributed by atoms with Gasteiger partial charge in [0, 0.05) is 24.5 Å². The first-order chi connectivity index (χ1) is 8.56. The number of amidine groups is 1. The average Bonchev–Trinajstić information content (AvgIpc) is 2.76. The second-order valence-electron chi connectivity index (χ2n) is 4.24. The number of benzene rings is 1. The highest BCUT2D eigenvalue weighted by atomic mass is 32.1. The number of anilines is 1. The summed E-state index contributed by atoms with van der Waals surface area (Å²) >= 11 is 1.64. The topological polar surface area (TPSA) is 66.0 Å². The Morgan fingerprint density at radius 2 is 2.28 bits per heavy atom. The first-order valence-electron chi connectivity index (χ1n) is 5.63. The number of rotatable bonds is 4. The highest BCUT2D eigenvalue weighted by molar-refractivity contribution is 7.13. The van der Waals surface area contributed by atoms with Gasteiger partial charge in [0.05, 0.1) is 5.69 Å². The van der Waals surface area contributed by atoms with E-state index in [4.69, 9.17) is 11.1 Å². The summed E-state index contributed by atoms with van der Waals surface area (Å²) in [5, 5.41) is 10.5. The van der Waals surface area contributed by atoms with Gasteiger partial charge in [-0.3, -0.25) is 5.41 Å². The first kappa shape index (κ1) is 12.6. The zero-order chi connectivity index (χ0) is 13.1. The van der Waals surface area contributed by atoms with E-state index in [0.29, 0.717) is 0 Å². The fourth-order valence-electron chi connectivity index (χ4n) is 1.70. The minimum absolute atomic E-state index is 0.101. The summed E-state index contributed by atoms with van der Waals surface area (Å²) in [7, 11) is 2.01. The van der Waals surface area contributed by atoms with Crippen molar-refractivity contribution in [2.75, 3.05) is 11.9 Å². The molecule has 1 heterocycles. The molecule has 1 aromatic carbocycles. The zero-order valence-corrected chi connectivity index (χ0v) is 11.3. The van der Waals surface area contributed by atoms with Crippen molar-refractivity contribution in [3.8, 4) is 0 Å². The van der Waals surface area contributed by atoms with Gasteiger partial charge in [-0.05, 0) is 18.6 Å². The van der Waals surface area contributed by atoms with Crippen molar-refractivity contribution in [3.05, 3.63) is 46.5 Å². The van der Waals surface area contributed by atoms with Gasteiger partial charge in [-0.15, -0.1) is 11.3 Å². The van der Waals surface area contributed by atoms with Gasteiger partial charge in [-0.1, -0.05) is 18.2 Å². The van der Waals surface area contributed by atoms with Crippen LogP contribution in [0.15, 0.2) is 29.6 Å². The van der Waals surface area contributed by atoms with Crippen LogP contribution in [0.4, 0.5) is 5.13 Å². The van der Waals surface area contributed by atoms with Crippen LogP contribution in [0.5, 0.6) is 0 Å². The van der Waals surface area contributed by atoms with Crippen molar-refractivity contribution >= 4 is 22.3 Å². The van der Waals surface area contributed by atoms with Crippen LogP contribution in [0.1, 0.15) is 16.8 Å². The van der Waals surface area contributed by atoms with Gasteiger partial charge in [-0.2, -0.15) is 0 Å². The molecule has 94 valence electrons. The monoisotopic (exact) mass is 260 g/mol. The van der Waals surface area contributed by atoms with E-state index < -0.39 is 0 Å².